The molecule has 0 unspecified atom stereocenters. The summed E-state index contributed by atoms with van der Waals surface area (Å²) in [6, 6.07) is 20.0. The summed E-state index contributed by atoms with van der Waals surface area (Å²) in [5.41, 5.74) is 8.51. The Morgan fingerprint density at radius 3 is 2.31 bits per heavy atom. The highest BCUT2D eigenvalue weighted by molar-refractivity contribution is 5.86. The van der Waals surface area contributed by atoms with Crippen LogP contribution in [0.25, 0.3) is 56.2 Å². The average molecular weight is 734 g/mol. The van der Waals surface area contributed by atoms with Crippen LogP contribution in [0.2, 0.25) is 0 Å². The number of carbonyl (C=O) groups is 1. The van der Waals surface area contributed by atoms with Crippen LogP contribution >= 0.6 is 0 Å². The molecule has 276 valence electrons. The highest BCUT2D eigenvalue weighted by Gasteiger charge is 2.33. The van der Waals surface area contributed by atoms with Crippen LogP contribution in [0, 0.1) is 25.2 Å². The fourth-order valence-electron chi connectivity index (χ4n) is 7.49. The van der Waals surface area contributed by atoms with E-state index in [0.717, 1.165) is 33.4 Å². The minimum Gasteiger partial charge on any atom is -0.480 e. The third-order valence-electron chi connectivity index (χ3n) is 10.5. The molecule has 2 saturated heterocycles. The number of hydrogen-bond acceptors (Lipinski definition) is 10. The molecular formula is C41H37F2N5O6. The zero-order chi connectivity index (χ0) is 37.7. The highest BCUT2D eigenvalue weighted by Crippen LogP contribution is 2.39. The van der Waals surface area contributed by atoms with E-state index in [0.29, 0.717) is 84.2 Å². The molecule has 4 aromatic carbocycles. The van der Waals surface area contributed by atoms with Gasteiger partial charge in [0.25, 0.3) is 0 Å². The monoisotopic (exact) mass is 733 g/mol. The summed E-state index contributed by atoms with van der Waals surface area (Å²) in [6.07, 6.45) is 1.18. The summed E-state index contributed by atoms with van der Waals surface area (Å²) >= 11 is 0. The first-order chi connectivity index (χ1) is 26.0. The van der Waals surface area contributed by atoms with Crippen molar-refractivity contribution in [2.75, 3.05) is 19.8 Å². The van der Waals surface area contributed by atoms with Crippen molar-refractivity contribution in [1.29, 1.82) is 5.26 Å². The van der Waals surface area contributed by atoms with Crippen molar-refractivity contribution in [1.82, 2.24) is 20.2 Å². The highest BCUT2D eigenvalue weighted by atomic mass is 19.3. The zero-order valence-electron chi connectivity index (χ0n) is 29.9. The lowest BCUT2D eigenvalue weighted by molar-refractivity contribution is -0.142. The van der Waals surface area contributed by atoms with Crippen molar-refractivity contribution in [3.8, 4) is 45.9 Å². The maximum Gasteiger partial charge on any atom is 0.387 e. The third kappa shape index (κ3) is 6.57. The predicted octanol–water partition coefficient (Wildman–Crippen LogP) is 7.99. The minimum atomic E-state index is -3.07. The SMILES string of the molecule is Cc1c(-c2nc3cc(CN4CCC[C@H]4C(=O)O)c(OC(F)F)cc3o2)cccc1-c1cccc(-c2nc3cc(CNC4(C)COC4)cc(C#N)c3o2)c1C. The first kappa shape index (κ1) is 35.4. The first-order valence-electron chi connectivity index (χ1n) is 17.7. The topological polar surface area (TPSA) is 147 Å². The number of likely N-dealkylation sites (tertiary alicyclic amines) is 1. The number of fused-ring (bicyclic) bond motifs is 2. The van der Waals surface area contributed by atoms with E-state index in [2.05, 4.69) is 18.3 Å². The van der Waals surface area contributed by atoms with Crippen LogP contribution in [0.1, 0.15) is 47.6 Å². The molecule has 6 aromatic rings. The van der Waals surface area contributed by atoms with Crippen molar-refractivity contribution in [2.45, 2.75) is 64.9 Å². The summed E-state index contributed by atoms with van der Waals surface area (Å²) in [6.45, 7) is 5.47. The summed E-state index contributed by atoms with van der Waals surface area (Å²) in [5.74, 6) is -0.325. The second-order valence-electron chi connectivity index (χ2n) is 14.3. The number of halogens is 2. The summed E-state index contributed by atoms with van der Waals surface area (Å²) in [4.78, 5) is 23.1. The van der Waals surface area contributed by atoms with Crippen LogP contribution in [0.3, 0.4) is 0 Å². The van der Waals surface area contributed by atoms with Gasteiger partial charge in [-0.05, 0) is 98.3 Å². The Kier molecular flexibility index (Phi) is 9.13. The summed E-state index contributed by atoms with van der Waals surface area (Å²) in [5, 5.41) is 23.1. The number of alkyl halides is 2. The molecule has 4 heterocycles. The van der Waals surface area contributed by atoms with Crippen molar-refractivity contribution in [2.24, 2.45) is 0 Å². The van der Waals surface area contributed by atoms with Crippen LogP contribution < -0.4 is 10.1 Å². The normalized spacial score (nSPS) is 16.9. The fraction of sp³-hybridized carbons (Fsp3) is 0.317. The Morgan fingerprint density at radius 2 is 1.69 bits per heavy atom. The molecule has 0 radical (unpaired) electrons. The van der Waals surface area contributed by atoms with E-state index in [1.165, 1.54) is 6.07 Å². The Balaban J connectivity index is 1.12. The number of carboxylic acids is 1. The lowest BCUT2D eigenvalue weighted by atomic mass is 9.91. The molecule has 0 aliphatic carbocycles. The van der Waals surface area contributed by atoms with Gasteiger partial charge in [0, 0.05) is 35.8 Å². The van der Waals surface area contributed by atoms with Crippen molar-refractivity contribution in [3.05, 3.63) is 88.5 Å². The molecule has 0 saturated carbocycles. The Bertz CT molecular complexity index is 2460. The van der Waals surface area contributed by atoms with Gasteiger partial charge in [-0.2, -0.15) is 14.0 Å². The fourth-order valence-corrected chi connectivity index (χ4v) is 7.49. The van der Waals surface area contributed by atoms with Gasteiger partial charge < -0.3 is 28.7 Å². The Hall–Kier alpha value is -5.68. The maximum absolute atomic E-state index is 13.5. The van der Waals surface area contributed by atoms with Gasteiger partial charge in [-0.25, -0.2) is 9.97 Å². The van der Waals surface area contributed by atoms with E-state index in [4.69, 9.17) is 28.3 Å². The molecular weight excluding hydrogens is 696 g/mol. The van der Waals surface area contributed by atoms with E-state index < -0.39 is 18.6 Å². The van der Waals surface area contributed by atoms with E-state index in [9.17, 15) is 23.9 Å². The zero-order valence-corrected chi connectivity index (χ0v) is 29.9. The number of nitrogens with one attached hydrogen (secondary N) is 1. The smallest absolute Gasteiger partial charge is 0.387 e. The van der Waals surface area contributed by atoms with Crippen LogP contribution in [-0.4, -0.2) is 63.9 Å². The van der Waals surface area contributed by atoms with Gasteiger partial charge in [-0.15, -0.1) is 0 Å². The molecule has 0 bridgehead atoms. The third-order valence-corrected chi connectivity index (χ3v) is 10.5. The molecule has 2 aromatic heterocycles. The van der Waals surface area contributed by atoms with Crippen LogP contribution in [-0.2, 0) is 22.6 Å². The van der Waals surface area contributed by atoms with Gasteiger partial charge in [-0.3, -0.25) is 9.69 Å². The second kappa shape index (κ2) is 13.9. The number of benzene rings is 4. The number of hydrogen-bond donors (Lipinski definition) is 2. The van der Waals surface area contributed by atoms with Gasteiger partial charge in [0.05, 0.1) is 24.3 Å². The van der Waals surface area contributed by atoms with Crippen molar-refractivity contribution >= 4 is 28.2 Å². The quantitative estimate of drug-likeness (QED) is 0.134. The minimum absolute atomic E-state index is 0.0822. The van der Waals surface area contributed by atoms with E-state index in [1.54, 1.807) is 11.0 Å². The lowest BCUT2D eigenvalue weighted by Crippen LogP contribution is -2.57. The number of carboxylic acid groups (broad SMARTS) is 1. The number of aromatic nitrogens is 2. The standard InChI is InChI=1S/C41H37F2N5O6/c1-22-27(28-8-5-10-30(23(28)2)38-47-32-14-24(13-25(17-44)36(32)54-38)18-45-41(3)20-51-21-41)7-4-9-29(22)37-46-31-15-26(19-48-12-6-11-33(48)39(49)50)34(53-40(42)43)16-35(31)52-37/h4-5,7-10,13-16,33,40,45H,6,11-12,18-21H2,1-3H3,(H,49,50)/t33-/m0/s1. The summed E-state index contributed by atoms with van der Waals surface area (Å²) < 4.78 is 49.6. The van der Waals surface area contributed by atoms with E-state index in [-0.39, 0.29) is 23.4 Å². The average Bonchev–Trinajstić information content (AvgIpc) is 3.88. The van der Waals surface area contributed by atoms with Gasteiger partial charge in [0.2, 0.25) is 11.8 Å². The largest absolute Gasteiger partial charge is 0.480 e. The molecule has 0 spiro atoms. The van der Waals surface area contributed by atoms with Crippen LogP contribution in [0.15, 0.2) is 69.5 Å². The molecule has 2 fully saturated rings. The van der Waals surface area contributed by atoms with Gasteiger partial charge >= 0.3 is 12.6 Å². The van der Waals surface area contributed by atoms with E-state index >= 15 is 0 Å². The number of aliphatic carboxylic acids is 1. The summed E-state index contributed by atoms with van der Waals surface area (Å²) in [7, 11) is 0. The first-order valence-corrected chi connectivity index (χ1v) is 17.7. The molecule has 2 aliphatic rings. The Labute approximate surface area is 309 Å². The molecule has 11 nitrogen and oxygen atoms in total. The predicted molar refractivity (Wildman–Crippen MR) is 196 cm³/mol. The van der Waals surface area contributed by atoms with Crippen LogP contribution in [0.4, 0.5) is 8.78 Å². The van der Waals surface area contributed by atoms with Gasteiger partial charge in [0.1, 0.15) is 28.9 Å². The molecule has 54 heavy (non-hydrogen) atoms. The Morgan fingerprint density at radius 1 is 1.02 bits per heavy atom. The van der Waals surface area contributed by atoms with Crippen molar-refractivity contribution in [3.63, 3.8) is 0 Å². The molecule has 8 rings (SSSR count). The molecule has 2 N–H and O–H groups in total. The van der Waals surface area contributed by atoms with Crippen molar-refractivity contribution < 1.29 is 37.0 Å². The number of nitriles is 1. The second-order valence-corrected chi connectivity index (χ2v) is 14.3. The molecule has 0 amide bonds. The van der Waals surface area contributed by atoms with Crippen LogP contribution in [0.5, 0.6) is 5.75 Å². The van der Waals surface area contributed by atoms with Gasteiger partial charge in [-0.1, -0.05) is 24.3 Å². The lowest BCUT2D eigenvalue weighted by Gasteiger charge is -2.39. The molecule has 2 aliphatic heterocycles. The number of nitrogens with zero attached hydrogens (tertiary/aromatic N) is 4. The molecule has 13 heteroatoms. The molecule has 1 atom stereocenters. The maximum atomic E-state index is 13.5. The van der Waals surface area contributed by atoms with Gasteiger partial charge in [0.15, 0.2) is 11.2 Å². The number of ether oxygens (including phenoxy) is 2. The van der Waals surface area contributed by atoms with E-state index in [1.807, 2.05) is 62.4 Å². The number of rotatable bonds is 11. The number of oxazole rings is 2.